The number of nitrogens with zero attached hydrogens (tertiary/aromatic N) is 2. The molecule has 0 spiro atoms. The lowest BCUT2D eigenvalue weighted by atomic mass is 10.0. The van der Waals surface area contributed by atoms with E-state index >= 15 is 0 Å². The third-order valence-electron chi connectivity index (χ3n) is 2.77. The number of benzene rings is 2. The Bertz CT molecular complexity index is 764. The van der Waals surface area contributed by atoms with E-state index in [9.17, 15) is 19.8 Å². The molecule has 0 N–H and O–H groups in total. The minimum absolute atomic E-state index is 0.0640. The van der Waals surface area contributed by atoms with Gasteiger partial charge >= 0.3 is 0 Å². The maximum Gasteiger partial charge on any atom is 0.269 e. The largest absolute Gasteiger partial charge is 0.269 e. The SMILES string of the molecule is N#CC(=Cc1ccc(Br)cc1F)c1ccc([N+](=O)[O-])cc1. The lowest BCUT2D eigenvalue weighted by Gasteiger charge is -2.01. The number of halogens is 2. The molecule has 2 aromatic rings. The van der Waals surface area contributed by atoms with E-state index in [0.29, 0.717) is 10.0 Å². The standard InChI is InChI=1S/C15H8BrFN2O2/c16-13-4-1-11(15(17)8-13)7-12(9-18)10-2-5-14(6-3-10)19(20)21/h1-8H. The predicted molar refractivity (Wildman–Crippen MR) is 80.7 cm³/mol. The van der Waals surface area contributed by atoms with Gasteiger partial charge in [-0.2, -0.15) is 5.26 Å². The van der Waals surface area contributed by atoms with Gasteiger partial charge in [0.25, 0.3) is 5.69 Å². The van der Waals surface area contributed by atoms with Crippen LogP contribution in [0.5, 0.6) is 0 Å². The number of allylic oxidation sites excluding steroid dienone is 1. The summed E-state index contributed by atoms with van der Waals surface area (Å²) in [6.07, 6.45) is 1.41. The van der Waals surface area contributed by atoms with Crippen molar-refractivity contribution in [3.8, 4) is 6.07 Å². The molecule has 104 valence electrons. The Labute approximate surface area is 128 Å². The predicted octanol–water partition coefficient (Wildman–Crippen LogP) is 4.56. The molecular weight excluding hydrogens is 339 g/mol. The van der Waals surface area contributed by atoms with Gasteiger partial charge in [-0.15, -0.1) is 0 Å². The summed E-state index contributed by atoms with van der Waals surface area (Å²) in [6.45, 7) is 0. The van der Waals surface area contributed by atoms with E-state index in [1.165, 1.54) is 36.4 Å². The van der Waals surface area contributed by atoms with E-state index in [1.54, 1.807) is 12.1 Å². The molecule has 0 heterocycles. The van der Waals surface area contributed by atoms with E-state index in [1.807, 2.05) is 6.07 Å². The lowest BCUT2D eigenvalue weighted by molar-refractivity contribution is -0.384. The van der Waals surface area contributed by atoms with Crippen molar-refractivity contribution in [2.75, 3.05) is 0 Å². The maximum absolute atomic E-state index is 13.8. The van der Waals surface area contributed by atoms with Crippen LogP contribution in [0.15, 0.2) is 46.9 Å². The first-order chi connectivity index (χ1) is 10.0. The van der Waals surface area contributed by atoms with Crippen molar-refractivity contribution in [1.29, 1.82) is 5.26 Å². The normalized spacial score (nSPS) is 11.0. The van der Waals surface area contributed by atoms with Crippen molar-refractivity contribution >= 4 is 33.3 Å². The Morgan fingerprint density at radius 3 is 2.48 bits per heavy atom. The fourth-order valence-electron chi connectivity index (χ4n) is 1.72. The second-order valence-corrected chi connectivity index (χ2v) is 5.06. The van der Waals surface area contributed by atoms with Gasteiger partial charge in [0.1, 0.15) is 5.82 Å². The van der Waals surface area contributed by atoms with Crippen molar-refractivity contribution in [2.24, 2.45) is 0 Å². The fraction of sp³-hybridized carbons (Fsp3) is 0. The third kappa shape index (κ3) is 3.52. The Morgan fingerprint density at radius 2 is 1.95 bits per heavy atom. The Kier molecular flexibility index (Phi) is 4.45. The highest BCUT2D eigenvalue weighted by Gasteiger charge is 2.08. The van der Waals surface area contributed by atoms with Gasteiger partial charge < -0.3 is 0 Å². The second kappa shape index (κ2) is 6.29. The molecule has 2 rings (SSSR count). The molecule has 0 unspecified atom stereocenters. The summed E-state index contributed by atoms with van der Waals surface area (Å²) in [5.74, 6) is -0.459. The molecule has 0 aliphatic rings. The number of non-ortho nitro benzene ring substituents is 1. The van der Waals surface area contributed by atoms with E-state index in [-0.39, 0.29) is 16.8 Å². The van der Waals surface area contributed by atoms with Crippen LogP contribution < -0.4 is 0 Å². The van der Waals surface area contributed by atoms with Gasteiger partial charge in [0.2, 0.25) is 0 Å². The van der Waals surface area contributed by atoms with Crippen molar-refractivity contribution in [3.63, 3.8) is 0 Å². The van der Waals surface area contributed by atoms with E-state index < -0.39 is 10.7 Å². The summed E-state index contributed by atoms with van der Waals surface area (Å²) in [4.78, 5) is 10.1. The van der Waals surface area contributed by atoms with Gasteiger partial charge in [-0.25, -0.2) is 4.39 Å². The Balaban J connectivity index is 2.41. The quantitative estimate of drug-likeness (QED) is 0.354. The first-order valence-corrected chi connectivity index (χ1v) is 6.62. The summed E-state index contributed by atoms with van der Waals surface area (Å²) in [7, 11) is 0. The van der Waals surface area contributed by atoms with Gasteiger partial charge in [-0.3, -0.25) is 10.1 Å². The Hall–Kier alpha value is -2.52. The molecule has 0 aliphatic heterocycles. The van der Waals surface area contributed by atoms with Crippen LogP contribution >= 0.6 is 15.9 Å². The highest BCUT2D eigenvalue weighted by Crippen LogP contribution is 2.23. The summed E-state index contributed by atoms with van der Waals surface area (Å²) >= 11 is 3.16. The molecule has 0 bridgehead atoms. The van der Waals surface area contributed by atoms with Crippen LogP contribution in [-0.4, -0.2) is 4.92 Å². The Morgan fingerprint density at radius 1 is 1.29 bits per heavy atom. The third-order valence-corrected chi connectivity index (χ3v) is 3.27. The highest BCUT2D eigenvalue weighted by atomic mass is 79.9. The van der Waals surface area contributed by atoms with Crippen molar-refractivity contribution in [2.45, 2.75) is 0 Å². The number of nitro groups is 1. The van der Waals surface area contributed by atoms with Crippen molar-refractivity contribution < 1.29 is 9.31 Å². The summed E-state index contributed by atoms with van der Waals surface area (Å²) < 4.78 is 14.4. The topological polar surface area (TPSA) is 66.9 Å². The molecule has 0 saturated heterocycles. The fourth-order valence-corrected chi connectivity index (χ4v) is 2.05. The number of hydrogen-bond acceptors (Lipinski definition) is 3. The van der Waals surface area contributed by atoms with Gasteiger partial charge in [-0.05, 0) is 35.9 Å². The first kappa shape index (κ1) is 14.9. The van der Waals surface area contributed by atoms with E-state index in [0.717, 1.165) is 0 Å². The van der Waals surface area contributed by atoms with Crippen molar-refractivity contribution in [3.05, 3.63) is 74.0 Å². The number of nitriles is 1. The molecule has 6 heteroatoms. The number of rotatable bonds is 3. The molecule has 21 heavy (non-hydrogen) atoms. The molecule has 0 atom stereocenters. The van der Waals surface area contributed by atoms with Crippen LogP contribution in [0.1, 0.15) is 11.1 Å². The van der Waals surface area contributed by atoms with Crippen LogP contribution in [0.3, 0.4) is 0 Å². The van der Waals surface area contributed by atoms with Crippen LogP contribution in [0.4, 0.5) is 10.1 Å². The minimum Gasteiger partial charge on any atom is -0.258 e. The maximum atomic E-state index is 13.8. The van der Waals surface area contributed by atoms with Gasteiger partial charge in [-0.1, -0.05) is 22.0 Å². The van der Waals surface area contributed by atoms with Crippen LogP contribution in [-0.2, 0) is 0 Å². The first-order valence-electron chi connectivity index (χ1n) is 5.83. The molecule has 4 nitrogen and oxygen atoms in total. The summed E-state index contributed by atoms with van der Waals surface area (Å²) in [5.41, 5.74) is 0.926. The average molecular weight is 347 g/mol. The zero-order valence-corrected chi connectivity index (χ0v) is 12.2. The molecule has 0 amide bonds. The van der Waals surface area contributed by atoms with E-state index in [2.05, 4.69) is 15.9 Å². The van der Waals surface area contributed by atoms with Gasteiger partial charge in [0.05, 0.1) is 16.6 Å². The minimum atomic E-state index is -0.520. The van der Waals surface area contributed by atoms with Crippen molar-refractivity contribution in [1.82, 2.24) is 0 Å². The van der Waals surface area contributed by atoms with Crippen LogP contribution in [0.25, 0.3) is 11.6 Å². The van der Waals surface area contributed by atoms with Crippen LogP contribution in [0.2, 0.25) is 0 Å². The molecule has 0 fully saturated rings. The molecule has 0 saturated carbocycles. The number of hydrogen-bond donors (Lipinski definition) is 0. The molecule has 0 aliphatic carbocycles. The molecule has 0 aromatic heterocycles. The molecule has 0 radical (unpaired) electrons. The summed E-state index contributed by atoms with van der Waals surface area (Å²) in [5, 5.41) is 19.8. The van der Waals surface area contributed by atoms with Gasteiger partial charge in [0.15, 0.2) is 0 Å². The van der Waals surface area contributed by atoms with Gasteiger partial charge in [0, 0.05) is 22.2 Å². The highest BCUT2D eigenvalue weighted by molar-refractivity contribution is 9.10. The lowest BCUT2D eigenvalue weighted by Crippen LogP contribution is -1.89. The molecule has 2 aromatic carbocycles. The second-order valence-electron chi connectivity index (χ2n) is 4.14. The smallest absolute Gasteiger partial charge is 0.258 e. The average Bonchev–Trinajstić information content (AvgIpc) is 2.47. The zero-order valence-electron chi connectivity index (χ0n) is 10.6. The summed E-state index contributed by atoms with van der Waals surface area (Å²) in [6, 6.07) is 12.0. The monoisotopic (exact) mass is 346 g/mol. The molecular formula is C15H8BrFN2O2. The van der Waals surface area contributed by atoms with E-state index in [4.69, 9.17) is 0 Å². The zero-order chi connectivity index (χ0) is 15.4. The number of nitro benzene ring substituents is 1. The van der Waals surface area contributed by atoms with Crippen LogP contribution in [0, 0.1) is 27.3 Å².